The van der Waals surface area contributed by atoms with Gasteiger partial charge in [0.25, 0.3) is 0 Å². The van der Waals surface area contributed by atoms with Crippen LogP contribution in [0.3, 0.4) is 0 Å². The van der Waals surface area contributed by atoms with Crippen molar-refractivity contribution >= 4 is 11.8 Å². The third-order valence-corrected chi connectivity index (χ3v) is 7.31. The fourth-order valence-electron chi connectivity index (χ4n) is 5.45. The molecule has 1 aliphatic heterocycles. The van der Waals surface area contributed by atoms with Crippen LogP contribution in [0.15, 0.2) is 18.2 Å². The van der Waals surface area contributed by atoms with Crippen LogP contribution in [0, 0.1) is 18.8 Å². The van der Waals surface area contributed by atoms with E-state index in [1.807, 2.05) is 24.8 Å². The molecule has 0 aromatic heterocycles. The second kappa shape index (κ2) is 7.41. The molecule has 3 aliphatic rings. The number of likely N-dealkylation sites (tertiary alicyclic amines) is 1. The van der Waals surface area contributed by atoms with Crippen LogP contribution in [0.4, 0.5) is 13.2 Å². The topological polar surface area (TPSA) is 58.6 Å². The number of alkyl halides is 3. The number of benzene rings is 1. The molecule has 8 heteroatoms. The Morgan fingerprint density at radius 3 is 2.58 bits per heavy atom. The van der Waals surface area contributed by atoms with Crippen molar-refractivity contribution in [1.29, 1.82) is 0 Å². The zero-order valence-corrected chi connectivity index (χ0v) is 18.1. The molecule has 1 heterocycles. The number of ether oxygens (including phenoxy) is 1. The van der Waals surface area contributed by atoms with Crippen LogP contribution in [0.5, 0.6) is 5.75 Å². The molecule has 1 aromatic rings. The van der Waals surface area contributed by atoms with Gasteiger partial charge in [-0.05, 0) is 62.6 Å². The molecule has 4 rings (SSSR count). The van der Waals surface area contributed by atoms with E-state index in [1.54, 1.807) is 13.0 Å². The molecule has 5 nitrogen and oxygen atoms in total. The number of aryl methyl sites for hydroxylation is 1. The first-order chi connectivity index (χ1) is 14.4. The second-order valence-corrected chi connectivity index (χ2v) is 9.69. The van der Waals surface area contributed by atoms with E-state index in [2.05, 4.69) is 10.1 Å². The Kier molecular flexibility index (Phi) is 5.25. The second-order valence-electron chi connectivity index (χ2n) is 9.69. The molecule has 1 N–H and O–H groups in total. The Balaban J connectivity index is 1.37. The summed E-state index contributed by atoms with van der Waals surface area (Å²) in [5, 5.41) is 3.00. The van der Waals surface area contributed by atoms with Crippen molar-refractivity contribution in [2.24, 2.45) is 11.8 Å². The van der Waals surface area contributed by atoms with Crippen LogP contribution in [-0.2, 0) is 15.0 Å². The van der Waals surface area contributed by atoms with Gasteiger partial charge in [0.15, 0.2) is 0 Å². The summed E-state index contributed by atoms with van der Waals surface area (Å²) in [6.07, 6.45) is -1.36. The molecule has 2 aliphatic carbocycles. The summed E-state index contributed by atoms with van der Waals surface area (Å²) in [5.74, 6) is 0.179. The number of nitrogens with zero attached hydrogens (tertiary/aromatic N) is 1. The number of piperidine rings is 1. The van der Waals surface area contributed by atoms with Crippen molar-refractivity contribution in [3.8, 4) is 5.75 Å². The van der Waals surface area contributed by atoms with E-state index in [0.717, 1.165) is 18.4 Å². The number of carbonyl (C=O) groups is 2. The fraction of sp³-hybridized carbons (Fsp3) is 0.652. The number of hydrogen-bond donors (Lipinski definition) is 1. The Labute approximate surface area is 180 Å². The standard InChI is InChI=1S/C23H29F3N2O3/c1-4-19(29)27-21(3)10-15(11-21)20(30)28-8-7-22(12-17(22)13-28)16-6-5-14(2)18(9-16)31-23(24,25)26/h5-6,9,15,17H,4,7-8,10-13H2,1-3H3,(H,27,29). The zero-order valence-electron chi connectivity index (χ0n) is 18.1. The number of hydrogen-bond acceptors (Lipinski definition) is 3. The van der Waals surface area contributed by atoms with E-state index in [0.29, 0.717) is 37.9 Å². The first-order valence-electron chi connectivity index (χ1n) is 10.9. The number of nitrogens with one attached hydrogen (secondary N) is 1. The number of halogens is 3. The maximum Gasteiger partial charge on any atom is 0.573 e. The van der Waals surface area contributed by atoms with Crippen LogP contribution in [0.2, 0.25) is 0 Å². The van der Waals surface area contributed by atoms with E-state index >= 15 is 0 Å². The monoisotopic (exact) mass is 438 g/mol. The Morgan fingerprint density at radius 1 is 1.26 bits per heavy atom. The number of rotatable bonds is 5. The highest BCUT2D eigenvalue weighted by molar-refractivity contribution is 5.82. The normalized spacial score (nSPS) is 32.0. The summed E-state index contributed by atoms with van der Waals surface area (Å²) < 4.78 is 42.3. The van der Waals surface area contributed by atoms with E-state index in [9.17, 15) is 22.8 Å². The zero-order chi connectivity index (χ0) is 22.6. The van der Waals surface area contributed by atoms with Gasteiger partial charge < -0.3 is 15.0 Å². The summed E-state index contributed by atoms with van der Waals surface area (Å²) in [4.78, 5) is 26.5. The first kappa shape index (κ1) is 22.0. The predicted molar refractivity (Wildman–Crippen MR) is 108 cm³/mol. The van der Waals surface area contributed by atoms with Crippen LogP contribution in [0.1, 0.15) is 57.1 Å². The molecular weight excluding hydrogens is 409 g/mol. The average Bonchev–Trinajstić information content (AvgIpc) is 3.40. The summed E-state index contributed by atoms with van der Waals surface area (Å²) in [5.41, 5.74) is 0.860. The quantitative estimate of drug-likeness (QED) is 0.754. The van der Waals surface area contributed by atoms with E-state index in [-0.39, 0.29) is 40.4 Å². The maximum atomic E-state index is 13.0. The molecule has 1 aromatic carbocycles. The molecule has 0 radical (unpaired) electrons. The van der Waals surface area contributed by atoms with E-state index in [4.69, 9.17) is 0 Å². The summed E-state index contributed by atoms with van der Waals surface area (Å²) in [6.45, 7) is 6.62. The summed E-state index contributed by atoms with van der Waals surface area (Å²) >= 11 is 0. The lowest BCUT2D eigenvalue weighted by Crippen LogP contribution is -2.59. The van der Waals surface area contributed by atoms with Gasteiger partial charge in [0.05, 0.1) is 0 Å². The smallest absolute Gasteiger partial charge is 0.406 e. The van der Waals surface area contributed by atoms with Gasteiger partial charge in [0, 0.05) is 36.4 Å². The Hall–Kier alpha value is -2.25. The lowest BCUT2D eigenvalue weighted by molar-refractivity contribution is -0.274. The van der Waals surface area contributed by atoms with E-state index in [1.165, 1.54) is 6.07 Å². The molecule has 2 atom stereocenters. The summed E-state index contributed by atoms with van der Waals surface area (Å²) in [6, 6.07) is 5.09. The van der Waals surface area contributed by atoms with Crippen LogP contribution in [0.25, 0.3) is 0 Å². The number of fused-ring (bicyclic) bond motifs is 1. The van der Waals surface area contributed by atoms with Crippen LogP contribution < -0.4 is 10.1 Å². The first-order valence-corrected chi connectivity index (χ1v) is 10.9. The van der Waals surface area contributed by atoms with Crippen molar-refractivity contribution in [2.75, 3.05) is 13.1 Å². The lowest BCUT2D eigenvalue weighted by Gasteiger charge is -2.47. The highest BCUT2D eigenvalue weighted by Gasteiger charge is 2.59. The Morgan fingerprint density at radius 2 is 1.97 bits per heavy atom. The van der Waals surface area contributed by atoms with E-state index < -0.39 is 6.36 Å². The number of amides is 2. The molecular formula is C23H29F3N2O3. The lowest BCUT2D eigenvalue weighted by atomic mass is 9.68. The molecule has 2 amide bonds. The van der Waals surface area contributed by atoms with Crippen molar-refractivity contribution in [3.63, 3.8) is 0 Å². The SMILES string of the molecule is CCC(=O)NC1(C)CC(C(=O)N2CCC3(c4ccc(C)c(OC(F)(F)F)c4)CC3C2)C1. The molecule has 2 saturated carbocycles. The largest absolute Gasteiger partial charge is 0.573 e. The average molecular weight is 438 g/mol. The van der Waals surface area contributed by atoms with Gasteiger partial charge in [-0.3, -0.25) is 9.59 Å². The number of carbonyl (C=O) groups excluding carboxylic acids is 2. The predicted octanol–water partition coefficient (Wildman–Crippen LogP) is 4.08. The maximum absolute atomic E-state index is 13.0. The van der Waals surface area contributed by atoms with Crippen LogP contribution in [-0.4, -0.2) is 41.7 Å². The van der Waals surface area contributed by atoms with Gasteiger partial charge in [-0.15, -0.1) is 13.2 Å². The minimum Gasteiger partial charge on any atom is -0.406 e. The molecule has 0 spiro atoms. The van der Waals surface area contributed by atoms with Gasteiger partial charge in [-0.1, -0.05) is 19.1 Å². The fourth-order valence-corrected chi connectivity index (χ4v) is 5.45. The third kappa shape index (κ3) is 4.26. The minimum atomic E-state index is -4.71. The molecule has 31 heavy (non-hydrogen) atoms. The highest BCUT2D eigenvalue weighted by atomic mass is 19.4. The minimum absolute atomic E-state index is 0.00102. The molecule has 2 unspecified atom stereocenters. The van der Waals surface area contributed by atoms with Gasteiger partial charge >= 0.3 is 6.36 Å². The molecule has 3 fully saturated rings. The van der Waals surface area contributed by atoms with Gasteiger partial charge in [-0.25, -0.2) is 0 Å². The molecule has 170 valence electrons. The third-order valence-electron chi connectivity index (χ3n) is 7.31. The van der Waals surface area contributed by atoms with Crippen molar-refractivity contribution in [1.82, 2.24) is 10.2 Å². The van der Waals surface area contributed by atoms with Gasteiger partial charge in [-0.2, -0.15) is 0 Å². The van der Waals surface area contributed by atoms with Gasteiger partial charge in [0.2, 0.25) is 11.8 Å². The van der Waals surface area contributed by atoms with Crippen molar-refractivity contribution in [2.45, 2.75) is 70.2 Å². The van der Waals surface area contributed by atoms with Crippen LogP contribution >= 0.6 is 0 Å². The van der Waals surface area contributed by atoms with Gasteiger partial charge in [0.1, 0.15) is 5.75 Å². The Bertz CT molecular complexity index is 895. The highest BCUT2D eigenvalue weighted by Crippen LogP contribution is 2.60. The molecule has 1 saturated heterocycles. The van der Waals surface area contributed by atoms with Crippen molar-refractivity contribution < 1.29 is 27.5 Å². The van der Waals surface area contributed by atoms with Crippen molar-refractivity contribution in [3.05, 3.63) is 29.3 Å². The molecule has 0 bridgehead atoms. The summed E-state index contributed by atoms with van der Waals surface area (Å²) in [7, 11) is 0.